The molecule has 90 valence electrons. The van der Waals surface area contributed by atoms with Crippen LogP contribution < -0.4 is 4.74 Å². The molecule has 0 fully saturated rings. The van der Waals surface area contributed by atoms with Crippen LogP contribution in [0.2, 0.25) is 0 Å². The first-order chi connectivity index (χ1) is 7.47. The van der Waals surface area contributed by atoms with Gasteiger partial charge in [-0.25, -0.2) is 4.21 Å². The molecule has 1 atom stereocenters. The highest BCUT2D eigenvalue weighted by atomic mass is 32.2. The van der Waals surface area contributed by atoms with Crippen molar-refractivity contribution >= 4 is 11.1 Å². The van der Waals surface area contributed by atoms with Crippen LogP contribution in [0.4, 0.5) is 0 Å². The molecule has 0 heterocycles. The van der Waals surface area contributed by atoms with Gasteiger partial charge in [0.15, 0.2) is 11.1 Å². The summed E-state index contributed by atoms with van der Waals surface area (Å²) < 4.78 is 25.0. The fourth-order valence-electron chi connectivity index (χ4n) is 1.24. The van der Waals surface area contributed by atoms with Gasteiger partial charge in [-0.2, -0.15) is 0 Å². The van der Waals surface area contributed by atoms with Gasteiger partial charge in [0.2, 0.25) is 0 Å². The molecule has 0 aliphatic rings. The van der Waals surface area contributed by atoms with Crippen LogP contribution in [-0.2, 0) is 17.5 Å². The summed E-state index contributed by atoms with van der Waals surface area (Å²) in [5.41, 5.74) is 1.11. The molecule has 0 aliphatic carbocycles. The fourth-order valence-corrected chi connectivity index (χ4v) is 1.40. The van der Waals surface area contributed by atoms with Crippen molar-refractivity contribution in [1.82, 2.24) is 0 Å². The average molecular weight is 242 g/mol. The number of rotatable bonds is 5. The molecule has 3 nitrogen and oxygen atoms in total. The molecule has 1 unspecified atom stereocenters. The summed E-state index contributed by atoms with van der Waals surface area (Å²) in [4.78, 5) is 0. The Kier molecular flexibility index (Phi) is 4.50. The van der Waals surface area contributed by atoms with Gasteiger partial charge < -0.3 is 9.29 Å². The van der Waals surface area contributed by atoms with Crippen molar-refractivity contribution in [2.45, 2.75) is 31.9 Å². The minimum atomic E-state index is -1.88. The van der Waals surface area contributed by atoms with Crippen molar-refractivity contribution in [3.8, 4) is 5.75 Å². The van der Waals surface area contributed by atoms with E-state index >= 15 is 0 Å². The first-order valence-electron chi connectivity index (χ1n) is 5.29. The maximum absolute atomic E-state index is 11.0. The molecule has 0 radical (unpaired) electrons. The van der Waals surface area contributed by atoms with E-state index in [-0.39, 0.29) is 6.61 Å². The fraction of sp³-hybridized carbons (Fsp3) is 0.500. The molecule has 1 rings (SSSR count). The molecule has 16 heavy (non-hydrogen) atoms. The Balaban J connectivity index is 2.71. The molecular formula is C12H18O3S. The van der Waals surface area contributed by atoms with Crippen LogP contribution in [-0.4, -0.2) is 20.1 Å². The van der Waals surface area contributed by atoms with E-state index in [1.54, 1.807) is 13.8 Å². The summed E-state index contributed by atoms with van der Waals surface area (Å²) in [5.74, 6) is 0.795. The van der Waals surface area contributed by atoms with Gasteiger partial charge in [-0.3, -0.25) is 0 Å². The molecule has 4 heteroatoms. The minimum absolute atomic E-state index is 0.229. The third-order valence-electron chi connectivity index (χ3n) is 2.40. The number of hydrogen-bond acceptors (Lipinski definition) is 2. The molecular weight excluding hydrogens is 224 g/mol. The molecule has 0 saturated heterocycles. The van der Waals surface area contributed by atoms with Crippen molar-refractivity contribution < 1.29 is 13.5 Å². The first kappa shape index (κ1) is 13.2. The van der Waals surface area contributed by atoms with Crippen molar-refractivity contribution in [2.24, 2.45) is 0 Å². The summed E-state index contributed by atoms with van der Waals surface area (Å²) in [6.07, 6.45) is 0.888. The lowest BCUT2D eigenvalue weighted by Crippen LogP contribution is -2.33. The Hall–Kier alpha value is -0.870. The van der Waals surface area contributed by atoms with Gasteiger partial charge in [-0.05, 0) is 31.9 Å². The Morgan fingerprint density at radius 3 is 2.56 bits per heavy atom. The van der Waals surface area contributed by atoms with Crippen LogP contribution in [0.5, 0.6) is 5.75 Å². The topological polar surface area (TPSA) is 46.5 Å². The second kappa shape index (κ2) is 5.46. The molecule has 0 amide bonds. The zero-order valence-corrected chi connectivity index (χ0v) is 10.7. The van der Waals surface area contributed by atoms with Crippen LogP contribution in [0.1, 0.15) is 26.3 Å². The van der Waals surface area contributed by atoms with Crippen LogP contribution in [0.3, 0.4) is 0 Å². The molecule has 1 aromatic carbocycles. The van der Waals surface area contributed by atoms with Crippen LogP contribution in [0.25, 0.3) is 0 Å². The third-order valence-corrected chi connectivity index (χ3v) is 3.46. The summed E-state index contributed by atoms with van der Waals surface area (Å²) in [7, 11) is 0. The van der Waals surface area contributed by atoms with Gasteiger partial charge in [-0.15, -0.1) is 0 Å². The van der Waals surface area contributed by atoms with Gasteiger partial charge >= 0.3 is 0 Å². The van der Waals surface area contributed by atoms with Crippen LogP contribution in [0.15, 0.2) is 24.3 Å². The third kappa shape index (κ3) is 3.32. The van der Waals surface area contributed by atoms with Crippen molar-refractivity contribution in [3.63, 3.8) is 0 Å². The predicted molar refractivity (Wildman–Crippen MR) is 66.2 cm³/mol. The normalized spacial score (nSPS) is 13.5. The largest absolute Gasteiger partial charge is 0.492 e. The zero-order valence-electron chi connectivity index (χ0n) is 9.90. The molecule has 0 aromatic heterocycles. The number of benzene rings is 1. The lowest BCUT2D eigenvalue weighted by Gasteiger charge is -2.21. The van der Waals surface area contributed by atoms with E-state index in [9.17, 15) is 4.21 Å². The van der Waals surface area contributed by atoms with E-state index in [1.165, 1.54) is 0 Å². The van der Waals surface area contributed by atoms with Crippen LogP contribution in [0, 0.1) is 0 Å². The zero-order chi connectivity index (χ0) is 12.2. The van der Waals surface area contributed by atoms with Crippen LogP contribution >= 0.6 is 0 Å². The molecule has 1 aromatic rings. The average Bonchev–Trinajstić information content (AvgIpc) is 2.26. The number of para-hydroxylation sites is 1. The molecule has 0 saturated carbocycles. The lowest BCUT2D eigenvalue weighted by molar-refractivity contribution is 0.276. The summed E-state index contributed by atoms with van der Waals surface area (Å²) >= 11 is -1.88. The van der Waals surface area contributed by atoms with E-state index in [1.807, 2.05) is 24.3 Å². The Morgan fingerprint density at radius 1 is 1.38 bits per heavy atom. The predicted octanol–water partition coefficient (Wildman–Crippen LogP) is 2.63. The van der Waals surface area contributed by atoms with Gasteiger partial charge in [0, 0.05) is 0 Å². The summed E-state index contributed by atoms with van der Waals surface area (Å²) in [5, 5.41) is 0. The Morgan fingerprint density at radius 2 is 2.00 bits per heavy atom. The molecule has 0 bridgehead atoms. The second-order valence-corrected chi connectivity index (χ2v) is 5.86. The molecule has 1 N–H and O–H groups in total. The highest BCUT2D eigenvalue weighted by Crippen LogP contribution is 2.21. The molecule has 0 aliphatic heterocycles. The maximum atomic E-state index is 11.0. The van der Waals surface area contributed by atoms with E-state index in [0.29, 0.717) is 0 Å². The Labute approximate surface area is 99.1 Å². The number of ether oxygens (including phenoxy) is 1. The minimum Gasteiger partial charge on any atom is -0.492 e. The smallest absolute Gasteiger partial charge is 0.162 e. The monoisotopic (exact) mass is 242 g/mol. The second-order valence-electron chi connectivity index (χ2n) is 4.26. The van der Waals surface area contributed by atoms with E-state index < -0.39 is 15.8 Å². The SMILES string of the molecule is CCc1ccccc1OCC(C)(C)S(=O)O. The van der Waals surface area contributed by atoms with Crippen molar-refractivity contribution in [1.29, 1.82) is 0 Å². The quantitative estimate of drug-likeness (QED) is 0.807. The lowest BCUT2D eigenvalue weighted by atomic mass is 10.1. The standard InChI is InChI=1S/C12H18O3S/c1-4-10-7-5-6-8-11(10)15-9-12(2,3)16(13)14/h5-8H,4,9H2,1-3H3,(H,13,14). The highest BCUT2D eigenvalue weighted by molar-refractivity contribution is 7.80. The first-order valence-corrected chi connectivity index (χ1v) is 6.39. The van der Waals surface area contributed by atoms with Gasteiger partial charge in [0.25, 0.3) is 0 Å². The van der Waals surface area contributed by atoms with Crippen molar-refractivity contribution in [3.05, 3.63) is 29.8 Å². The van der Waals surface area contributed by atoms with E-state index in [2.05, 4.69) is 6.92 Å². The van der Waals surface area contributed by atoms with E-state index in [4.69, 9.17) is 9.29 Å². The van der Waals surface area contributed by atoms with Gasteiger partial charge in [0.1, 0.15) is 12.4 Å². The van der Waals surface area contributed by atoms with Gasteiger partial charge in [-0.1, -0.05) is 25.1 Å². The number of hydrogen-bond donors (Lipinski definition) is 1. The van der Waals surface area contributed by atoms with Crippen molar-refractivity contribution in [2.75, 3.05) is 6.61 Å². The summed E-state index contributed by atoms with van der Waals surface area (Å²) in [6, 6.07) is 7.74. The maximum Gasteiger partial charge on any atom is 0.162 e. The summed E-state index contributed by atoms with van der Waals surface area (Å²) in [6.45, 7) is 5.69. The highest BCUT2D eigenvalue weighted by Gasteiger charge is 2.26. The van der Waals surface area contributed by atoms with Gasteiger partial charge in [0.05, 0.1) is 4.75 Å². The Bertz CT molecular complexity index is 374. The van der Waals surface area contributed by atoms with E-state index in [0.717, 1.165) is 17.7 Å². The number of aryl methyl sites for hydroxylation is 1. The molecule has 0 spiro atoms.